The van der Waals surface area contributed by atoms with Crippen LogP contribution >= 0.6 is 22.9 Å². The second-order valence-electron chi connectivity index (χ2n) is 20.6. The Morgan fingerprint density at radius 3 is 2.28 bits per heavy atom. The molecule has 1 saturated heterocycles. The summed E-state index contributed by atoms with van der Waals surface area (Å²) in [5.74, 6) is -2.36. The minimum Gasteiger partial charge on any atom is -0.489 e. The van der Waals surface area contributed by atoms with Crippen LogP contribution in [0.15, 0.2) is 78.4 Å². The zero-order chi connectivity index (χ0) is 52.3. The van der Waals surface area contributed by atoms with Gasteiger partial charge in [-0.3, -0.25) is 19.7 Å². The second kappa shape index (κ2) is 22.0. The molecule has 7 rings (SSSR count). The maximum absolute atomic E-state index is 15.6. The number of nitriles is 1. The highest BCUT2D eigenvalue weighted by molar-refractivity contribution is 7.13. The number of hydrogen-bond donors (Lipinski definition) is 6. The Hall–Kier alpha value is -6.07. The summed E-state index contributed by atoms with van der Waals surface area (Å²) in [7, 11) is 0. The van der Waals surface area contributed by atoms with Crippen LogP contribution in [0.2, 0.25) is 5.02 Å². The van der Waals surface area contributed by atoms with Gasteiger partial charge in [0.25, 0.3) is 0 Å². The molecule has 0 bridgehead atoms. The number of nitrogens with zero attached hydrogens (tertiary/aromatic N) is 4. The molecule has 1 saturated carbocycles. The highest BCUT2D eigenvalue weighted by atomic mass is 35.5. The fourth-order valence-corrected chi connectivity index (χ4v) is 11.0. The number of aliphatic hydroxyl groups is 2. The molecular weight excluding hydrogens is 966 g/mol. The van der Waals surface area contributed by atoms with Gasteiger partial charge in [0.05, 0.1) is 44.9 Å². The van der Waals surface area contributed by atoms with Gasteiger partial charge in [0.15, 0.2) is 0 Å². The lowest BCUT2D eigenvalue weighted by Crippen LogP contribution is -2.74. The molecule has 4 atom stereocenters. The molecule has 1 unspecified atom stereocenters. The first-order valence-corrected chi connectivity index (χ1v) is 24.9. The second-order valence-corrected chi connectivity index (χ2v) is 21.9. The molecule has 2 aromatic heterocycles. The minimum absolute atomic E-state index is 0.000967. The van der Waals surface area contributed by atoms with E-state index < -0.39 is 70.0 Å². The Morgan fingerprint density at radius 2 is 1.68 bits per heavy atom. The number of benzene rings is 3. The van der Waals surface area contributed by atoms with E-state index in [1.54, 1.807) is 61.9 Å². The maximum Gasteiger partial charge on any atom is 0.246 e. The van der Waals surface area contributed by atoms with E-state index in [0.29, 0.717) is 17.1 Å². The number of carbonyl (C=O) groups is 3. The van der Waals surface area contributed by atoms with Gasteiger partial charge in [-0.2, -0.15) is 5.26 Å². The van der Waals surface area contributed by atoms with Gasteiger partial charge < -0.3 is 40.5 Å². The third-order valence-electron chi connectivity index (χ3n) is 13.4. The molecule has 72 heavy (non-hydrogen) atoms. The normalized spacial score (nSPS) is 19.9. The SMILES string of the molecule is Cc1ncsc1-c1ccc(CNC(=O)[C@@H]2C[C@@H](O)CN2C(=O)[C@@H](NC(=O)COCCNc2ccc(-c3c(F)cc(C(O)NC4C(C)(C)C(Oc5ccc(C#N)c(Cl)c5)C4(C)C)cc3F)cn2)C(C)(C)C)cc1. The summed E-state index contributed by atoms with van der Waals surface area (Å²) in [6.45, 7) is 15.3. The van der Waals surface area contributed by atoms with Crippen LogP contribution in [-0.2, 0) is 25.7 Å². The smallest absolute Gasteiger partial charge is 0.246 e. The number of aliphatic hydroxyl groups excluding tert-OH is 2. The van der Waals surface area contributed by atoms with Gasteiger partial charge >= 0.3 is 0 Å². The highest BCUT2D eigenvalue weighted by Gasteiger charge is 2.64. The Labute approximate surface area is 427 Å². The summed E-state index contributed by atoms with van der Waals surface area (Å²) >= 11 is 7.78. The minimum atomic E-state index is -1.41. The first kappa shape index (κ1) is 53.7. The molecular formula is C53H61ClF2N8O7S. The Balaban J connectivity index is 0.866. The number of aromatic nitrogens is 2. The van der Waals surface area contributed by atoms with Gasteiger partial charge in [0.2, 0.25) is 17.7 Å². The topological polar surface area (TPSA) is 211 Å². The van der Waals surface area contributed by atoms with Crippen LogP contribution in [0.1, 0.15) is 83.5 Å². The van der Waals surface area contributed by atoms with Crippen LogP contribution < -0.4 is 26.0 Å². The number of hydrogen-bond acceptors (Lipinski definition) is 13. The third-order valence-corrected chi connectivity index (χ3v) is 14.7. The summed E-state index contributed by atoms with van der Waals surface area (Å²) in [5.41, 5.74) is 2.99. The molecule has 6 N–H and O–H groups in total. The molecule has 0 spiro atoms. The van der Waals surface area contributed by atoms with Crippen molar-refractivity contribution in [2.45, 2.75) is 105 Å². The fraction of sp³-hybridized carbons (Fsp3) is 0.434. The van der Waals surface area contributed by atoms with Crippen LogP contribution in [0.5, 0.6) is 5.75 Å². The molecule has 1 aliphatic carbocycles. The van der Waals surface area contributed by atoms with Crippen molar-refractivity contribution >= 4 is 46.5 Å². The average molecular weight is 1030 g/mol. The lowest BCUT2D eigenvalue weighted by molar-refractivity contribution is -0.179. The molecule has 1 aliphatic heterocycles. The number of carbonyl (C=O) groups excluding carboxylic acids is 3. The first-order chi connectivity index (χ1) is 34.0. The number of thiazole rings is 1. The van der Waals surface area contributed by atoms with E-state index in [4.69, 9.17) is 21.1 Å². The van der Waals surface area contributed by atoms with Crippen molar-refractivity contribution in [1.29, 1.82) is 5.26 Å². The number of halogens is 3. The molecule has 382 valence electrons. The van der Waals surface area contributed by atoms with E-state index in [-0.39, 0.29) is 73.1 Å². The van der Waals surface area contributed by atoms with Crippen molar-refractivity contribution in [3.05, 3.63) is 117 Å². The number of pyridine rings is 1. The predicted octanol–water partition coefficient (Wildman–Crippen LogP) is 7.68. The summed E-state index contributed by atoms with van der Waals surface area (Å²) in [6.07, 6.45) is -1.28. The zero-order valence-electron chi connectivity index (χ0n) is 41.5. The van der Waals surface area contributed by atoms with Crippen molar-refractivity contribution < 1.29 is 42.9 Å². The molecule has 5 aromatic rings. The lowest BCUT2D eigenvalue weighted by atomic mass is 9.49. The molecule has 3 aromatic carbocycles. The number of aryl methyl sites for hydroxylation is 1. The van der Waals surface area contributed by atoms with Crippen LogP contribution in [0.25, 0.3) is 21.6 Å². The Morgan fingerprint density at radius 1 is 1.00 bits per heavy atom. The van der Waals surface area contributed by atoms with Crippen molar-refractivity contribution in [3.8, 4) is 33.4 Å². The van der Waals surface area contributed by atoms with E-state index in [9.17, 15) is 29.9 Å². The number of nitrogens with one attached hydrogen (secondary N) is 4. The van der Waals surface area contributed by atoms with Crippen LogP contribution in [0, 0.1) is 46.1 Å². The van der Waals surface area contributed by atoms with Crippen molar-refractivity contribution in [1.82, 2.24) is 30.8 Å². The van der Waals surface area contributed by atoms with E-state index in [1.165, 1.54) is 17.2 Å². The number of rotatable bonds is 18. The quantitative estimate of drug-likeness (QED) is 0.0369. The summed E-state index contributed by atoms with van der Waals surface area (Å²) < 4.78 is 43.2. The van der Waals surface area contributed by atoms with Crippen molar-refractivity contribution in [3.63, 3.8) is 0 Å². The average Bonchev–Trinajstić information content (AvgIpc) is 3.95. The molecule has 2 aliphatic rings. The first-order valence-electron chi connectivity index (χ1n) is 23.6. The van der Waals surface area contributed by atoms with Crippen LogP contribution in [0.3, 0.4) is 0 Å². The van der Waals surface area contributed by atoms with E-state index in [1.807, 2.05) is 65.0 Å². The van der Waals surface area contributed by atoms with Crippen LogP contribution in [0.4, 0.5) is 14.6 Å². The zero-order valence-corrected chi connectivity index (χ0v) is 43.1. The highest BCUT2D eigenvalue weighted by Crippen LogP contribution is 2.56. The maximum atomic E-state index is 15.6. The van der Waals surface area contributed by atoms with Gasteiger partial charge in [0, 0.05) is 66.3 Å². The van der Waals surface area contributed by atoms with E-state index in [2.05, 4.69) is 31.2 Å². The molecule has 19 heteroatoms. The van der Waals surface area contributed by atoms with Crippen molar-refractivity contribution in [2.24, 2.45) is 16.2 Å². The number of anilines is 1. The Bertz CT molecular complexity index is 2780. The third kappa shape index (κ3) is 11.9. The standard InChI is InChI=1S/C53H61ClF2N8O7S/c1-29-44(72-28-61-29)31-11-9-30(10-12-31)24-60-47(68)40-21-35(65)26-64(40)48(69)45(51(2,3)4)62-42(66)27-70-18-17-58-41-16-14-33(25-59-41)43-38(55)19-34(20-39(43)56)46(67)63-49-52(5,6)50(53(49,7)8)71-36-15-13-32(23-57)37(54)22-36/h9-16,19-20,22,25,28,35,40,45-46,49-50,63,65,67H,17-18,21,24,26-27H2,1-8H3,(H,58,59)(H,60,68)(H,62,66)/t35-,40+,45-,46?,49?,50?/m1/s1. The van der Waals surface area contributed by atoms with Gasteiger partial charge in [-0.05, 0) is 59.9 Å². The van der Waals surface area contributed by atoms with Crippen molar-refractivity contribution in [2.75, 3.05) is 31.6 Å². The molecule has 15 nitrogen and oxygen atoms in total. The molecule has 0 radical (unpaired) electrons. The summed E-state index contributed by atoms with van der Waals surface area (Å²) in [6, 6.07) is 17.6. The number of β-amino-alcohol motifs (C(OH)–C–C–N with tert-alkyl or cyclic N) is 1. The van der Waals surface area contributed by atoms with Gasteiger partial charge in [-0.1, -0.05) is 84.3 Å². The van der Waals surface area contributed by atoms with Gasteiger partial charge in [-0.25, -0.2) is 18.7 Å². The van der Waals surface area contributed by atoms with Gasteiger partial charge in [0.1, 0.15) is 60.3 Å². The summed E-state index contributed by atoms with van der Waals surface area (Å²) in [5, 5.41) is 43.1. The number of ether oxygens (including phenoxy) is 2. The largest absolute Gasteiger partial charge is 0.489 e. The molecule has 3 heterocycles. The molecule has 2 fully saturated rings. The predicted molar refractivity (Wildman–Crippen MR) is 271 cm³/mol. The lowest BCUT2D eigenvalue weighted by Gasteiger charge is -2.63. The van der Waals surface area contributed by atoms with Crippen LogP contribution in [-0.4, -0.2) is 99.4 Å². The number of amides is 3. The Kier molecular flexibility index (Phi) is 16.4. The van der Waals surface area contributed by atoms with E-state index >= 15 is 8.78 Å². The molecule has 3 amide bonds. The summed E-state index contributed by atoms with van der Waals surface area (Å²) in [4.78, 5) is 51.6. The van der Waals surface area contributed by atoms with Gasteiger partial charge in [-0.15, -0.1) is 11.3 Å². The fourth-order valence-electron chi connectivity index (χ4n) is 9.98. The monoisotopic (exact) mass is 1030 g/mol. The number of likely N-dealkylation sites (tertiary alicyclic amines) is 1. The van der Waals surface area contributed by atoms with E-state index in [0.717, 1.165) is 33.8 Å².